The molecular weight excluding hydrogens is 346 g/mol. The largest absolute Gasteiger partial charge is 0.371 e. The molecule has 23 heavy (non-hydrogen) atoms. The molecule has 1 aromatic heterocycles. The van der Waals surface area contributed by atoms with Crippen molar-refractivity contribution in [3.8, 4) is 0 Å². The molecule has 0 spiro atoms. The van der Waals surface area contributed by atoms with Crippen LogP contribution in [0.1, 0.15) is 23.4 Å². The topological polar surface area (TPSA) is 77.4 Å². The zero-order chi connectivity index (χ0) is 15.5. The van der Waals surface area contributed by atoms with Crippen LogP contribution in [0, 0.1) is 5.82 Å². The summed E-state index contributed by atoms with van der Waals surface area (Å²) in [7, 11) is 0. The SMILES string of the molecule is Cl.NCc1nc(CN2CCOC(c3ccc(F)c(Cl)c3)C2)no1. The van der Waals surface area contributed by atoms with Gasteiger partial charge in [-0.15, -0.1) is 12.4 Å². The molecule has 3 rings (SSSR count). The minimum absolute atomic E-state index is 0. The molecular formula is C14H17Cl2FN4O2. The number of aromatic nitrogens is 2. The molecule has 1 aliphatic rings. The minimum atomic E-state index is -0.431. The Labute approximate surface area is 144 Å². The summed E-state index contributed by atoms with van der Waals surface area (Å²) in [5.74, 6) is 0.586. The van der Waals surface area contributed by atoms with Crippen molar-refractivity contribution in [3.63, 3.8) is 0 Å². The average molecular weight is 363 g/mol. The van der Waals surface area contributed by atoms with Crippen LogP contribution in [-0.4, -0.2) is 34.7 Å². The van der Waals surface area contributed by atoms with E-state index in [1.807, 2.05) is 0 Å². The van der Waals surface area contributed by atoms with Gasteiger partial charge in [0.05, 0.1) is 30.8 Å². The third-order valence-electron chi connectivity index (χ3n) is 3.52. The van der Waals surface area contributed by atoms with Crippen LogP contribution in [0.2, 0.25) is 5.02 Å². The molecule has 6 nitrogen and oxygen atoms in total. The van der Waals surface area contributed by atoms with Crippen molar-refractivity contribution in [1.29, 1.82) is 0 Å². The molecule has 2 N–H and O–H groups in total. The first-order valence-electron chi connectivity index (χ1n) is 6.96. The smallest absolute Gasteiger partial charge is 0.240 e. The van der Waals surface area contributed by atoms with Crippen molar-refractivity contribution in [2.75, 3.05) is 19.7 Å². The highest BCUT2D eigenvalue weighted by Gasteiger charge is 2.24. The minimum Gasteiger partial charge on any atom is -0.371 e. The summed E-state index contributed by atoms with van der Waals surface area (Å²) in [4.78, 5) is 6.34. The Balaban J connectivity index is 0.00000192. The number of hydrogen-bond acceptors (Lipinski definition) is 6. The van der Waals surface area contributed by atoms with E-state index >= 15 is 0 Å². The Kier molecular flexibility index (Phi) is 6.32. The predicted molar refractivity (Wildman–Crippen MR) is 84.8 cm³/mol. The molecule has 0 saturated carbocycles. The van der Waals surface area contributed by atoms with Crippen molar-refractivity contribution in [2.45, 2.75) is 19.2 Å². The Bertz CT molecular complexity index is 655. The summed E-state index contributed by atoms with van der Waals surface area (Å²) in [5.41, 5.74) is 6.30. The molecule has 1 aliphatic heterocycles. The van der Waals surface area contributed by atoms with Gasteiger partial charge in [-0.2, -0.15) is 4.98 Å². The monoisotopic (exact) mass is 362 g/mol. The van der Waals surface area contributed by atoms with Crippen LogP contribution in [0.5, 0.6) is 0 Å². The second kappa shape index (κ2) is 8.03. The van der Waals surface area contributed by atoms with Gasteiger partial charge in [-0.3, -0.25) is 4.90 Å². The highest BCUT2D eigenvalue weighted by atomic mass is 35.5. The lowest BCUT2D eigenvalue weighted by atomic mass is 10.1. The first-order chi connectivity index (χ1) is 10.7. The van der Waals surface area contributed by atoms with E-state index in [9.17, 15) is 4.39 Å². The number of ether oxygens (including phenoxy) is 1. The number of rotatable bonds is 4. The van der Waals surface area contributed by atoms with Crippen LogP contribution in [0.15, 0.2) is 22.7 Å². The molecule has 1 aromatic carbocycles. The van der Waals surface area contributed by atoms with Crippen LogP contribution >= 0.6 is 24.0 Å². The standard InChI is InChI=1S/C14H16ClFN4O2.ClH/c15-10-5-9(1-2-11(10)16)12-7-20(3-4-21-12)8-13-18-14(6-17)22-19-13;/h1-2,5,12H,3-4,6-8,17H2;1H. The maximum absolute atomic E-state index is 13.2. The summed E-state index contributed by atoms with van der Waals surface area (Å²) in [6.45, 7) is 2.76. The Morgan fingerprint density at radius 3 is 2.96 bits per heavy atom. The number of morpholine rings is 1. The van der Waals surface area contributed by atoms with Crippen LogP contribution in [-0.2, 0) is 17.8 Å². The third-order valence-corrected chi connectivity index (χ3v) is 3.81. The van der Waals surface area contributed by atoms with Gasteiger partial charge in [0, 0.05) is 13.1 Å². The highest BCUT2D eigenvalue weighted by molar-refractivity contribution is 6.30. The van der Waals surface area contributed by atoms with E-state index in [0.29, 0.717) is 31.4 Å². The molecule has 1 atom stereocenters. The number of nitrogens with two attached hydrogens (primary N) is 1. The molecule has 2 aromatic rings. The van der Waals surface area contributed by atoms with Crippen molar-refractivity contribution in [3.05, 3.63) is 46.3 Å². The van der Waals surface area contributed by atoms with Gasteiger partial charge in [-0.25, -0.2) is 4.39 Å². The maximum Gasteiger partial charge on any atom is 0.240 e. The van der Waals surface area contributed by atoms with Gasteiger partial charge in [0.1, 0.15) is 5.82 Å². The van der Waals surface area contributed by atoms with Gasteiger partial charge in [-0.05, 0) is 17.7 Å². The lowest BCUT2D eigenvalue weighted by molar-refractivity contribution is -0.0338. The van der Waals surface area contributed by atoms with E-state index in [-0.39, 0.29) is 30.1 Å². The zero-order valence-corrected chi connectivity index (χ0v) is 13.8. The molecule has 0 amide bonds. The molecule has 2 heterocycles. The van der Waals surface area contributed by atoms with E-state index in [0.717, 1.165) is 12.1 Å². The van der Waals surface area contributed by atoms with Crippen LogP contribution in [0.25, 0.3) is 0 Å². The van der Waals surface area contributed by atoms with Gasteiger partial charge in [-0.1, -0.05) is 22.8 Å². The lowest BCUT2D eigenvalue weighted by Crippen LogP contribution is -2.38. The fraction of sp³-hybridized carbons (Fsp3) is 0.429. The van der Waals surface area contributed by atoms with Crippen LogP contribution in [0.4, 0.5) is 4.39 Å². The second-order valence-corrected chi connectivity index (χ2v) is 5.48. The van der Waals surface area contributed by atoms with Gasteiger partial charge in [0.2, 0.25) is 5.89 Å². The highest BCUT2D eigenvalue weighted by Crippen LogP contribution is 2.26. The quantitative estimate of drug-likeness (QED) is 0.899. The molecule has 9 heteroatoms. The van der Waals surface area contributed by atoms with E-state index in [4.69, 9.17) is 26.6 Å². The van der Waals surface area contributed by atoms with Gasteiger partial charge in [0.25, 0.3) is 0 Å². The fourth-order valence-corrected chi connectivity index (χ4v) is 2.59. The Morgan fingerprint density at radius 1 is 1.43 bits per heavy atom. The van der Waals surface area contributed by atoms with Crippen LogP contribution in [0.3, 0.4) is 0 Å². The number of nitrogens with zero attached hydrogens (tertiary/aromatic N) is 3. The first-order valence-corrected chi connectivity index (χ1v) is 7.34. The van der Waals surface area contributed by atoms with Crippen molar-refractivity contribution >= 4 is 24.0 Å². The lowest BCUT2D eigenvalue weighted by Gasteiger charge is -2.32. The normalized spacial score (nSPS) is 18.7. The molecule has 1 saturated heterocycles. The van der Waals surface area contributed by atoms with Gasteiger partial charge >= 0.3 is 0 Å². The van der Waals surface area contributed by atoms with Gasteiger partial charge in [0.15, 0.2) is 5.82 Å². The van der Waals surface area contributed by atoms with E-state index in [1.54, 1.807) is 12.1 Å². The van der Waals surface area contributed by atoms with Crippen molar-refractivity contribution in [2.24, 2.45) is 5.73 Å². The average Bonchev–Trinajstić information content (AvgIpc) is 2.98. The maximum atomic E-state index is 13.2. The van der Waals surface area contributed by atoms with Crippen molar-refractivity contribution in [1.82, 2.24) is 15.0 Å². The summed E-state index contributed by atoms with van der Waals surface area (Å²) in [6.07, 6.45) is -0.160. The summed E-state index contributed by atoms with van der Waals surface area (Å²) in [5, 5.41) is 3.99. The van der Waals surface area contributed by atoms with E-state index < -0.39 is 5.82 Å². The summed E-state index contributed by atoms with van der Waals surface area (Å²) in [6, 6.07) is 4.65. The number of benzene rings is 1. The van der Waals surface area contributed by atoms with Gasteiger partial charge < -0.3 is 15.0 Å². The first kappa shape index (κ1) is 18.1. The molecule has 1 unspecified atom stereocenters. The second-order valence-electron chi connectivity index (χ2n) is 5.08. The number of halogens is 3. The van der Waals surface area contributed by atoms with E-state index in [1.165, 1.54) is 6.07 Å². The summed E-state index contributed by atoms with van der Waals surface area (Å²) < 4.78 is 24.0. The molecule has 1 fully saturated rings. The third kappa shape index (κ3) is 4.39. The molecule has 126 valence electrons. The molecule has 0 radical (unpaired) electrons. The number of hydrogen-bond donors (Lipinski definition) is 1. The molecule has 0 aliphatic carbocycles. The van der Waals surface area contributed by atoms with Crippen molar-refractivity contribution < 1.29 is 13.7 Å². The zero-order valence-electron chi connectivity index (χ0n) is 12.2. The molecule has 0 bridgehead atoms. The predicted octanol–water partition coefficient (Wildman–Crippen LogP) is 2.32. The Hall–Kier alpha value is -1.25. The summed E-state index contributed by atoms with van der Waals surface area (Å²) >= 11 is 5.83. The van der Waals surface area contributed by atoms with Crippen LogP contribution < -0.4 is 5.73 Å². The fourth-order valence-electron chi connectivity index (χ4n) is 2.40. The van der Waals surface area contributed by atoms with E-state index in [2.05, 4.69) is 15.0 Å². The Morgan fingerprint density at radius 2 is 2.26 bits per heavy atom.